The number of guanidine groups is 1. The summed E-state index contributed by atoms with van der Waals surface area (Å²) in [6.07, 6.45) is 0.146. The highest BCUT2D eigenvalue weighted by atomic mass is 32.1. The first-order valence-electron chi connectivity index (χ1n) is 6.45. The van der Waals surface area contributed by atoms with Crippen LogP contribution in [0, 0.1) is 5.41 Å². The molecule has 0 saturated carbocycles. The van der Waals surface area contributed by atoms with Gasteiger partial charge in [-0.05, 0) is 27.8 Å². The summed E-state index contributed by atoms with van der Waals surface area (Å²) in [5, 5.41) is 10.8. The minimum absolute atomic E-state index is 0.105. The predicted molar refractivity (Wildman–Crippen MR) is 82.8 cm³/mol. The third-order valence-electron chi connectivity index (χ3n) is 2.97. The largest absolute Gasteiger partial charge is 0.379 e. The standard InChI is InChI=1S/C14H25N3OS/c1-14(2,3)12(18-5)9-17-13(15-4)16-8-11-6-7-19-10-11/h6-7,10,12H,8-9H2,1-5H3,(H2,15,16,17). The number of hydrogen-bond acceptors (Lipinski definition) is 3. The van der Waals surface area contributed by atoms with E-state index in [1.54, 1.807) is 25.5 Å². The van der Waals surface area contributed by atoms with Crippen molar-refractivity contribution in [3.8, 4) is 0 Å². The molecule has 108 valence electrons. The minimum Gasteiger partial charge on any atom is -0.379 e. The minimum atomic E-state index is 0.105. The lowest BCUT2D eigenvalue weighted by Gasteiger charge is -2.30. The highest BCUT2D eigenvalue weighted by Crippen LogP contribution is 2.20. The average molecular weight is 283 g/mol. The maximum Gasteiger partial charge on any atom is 0.191 e. The third-order valence-corrected chi connectivity index (χ3v) is 3.70. The van der Waals surface area contributed by atoms with Gasteiger partial charge in [-0.2, -0.15) is 11.3 Å². The van der Waals surface area contributed by atoms with Gasteiger partial charge >= 0.3 is 0 Å². The van der Waals surface area contributed by atoms with Crippen LogP contribution in [0.3, 0.4) is 0 Å². The monoisotopic (exact) mass is 283 g/mol. The van der Waals surface area contributed by atoms with E-state index in [1.807, 2.05) is 0 Å². The molecule has 1 heterocycles. The fraction of sp³-hybridized carbons (Fsp3) is 0.643. The van der Waals surface area contributed by atoms with Gasteiger partial charge in [0.15, 0.2) is 5.96 Å². The van der Waals surface area contributed by atoms with Crippen LogP contribution in [0.25, 0.3) is 0 Å². The van der Waals surface area contributed by atoms with Crippen LogP contribution in [0.5, 0.6) is 0 Å². The van der Waals surface area contributed by atoms with Crippen molar-refractivity contribution in [1.82, 2.24) is 10.6 Å². The first kappa shape index (κ1) is 16.0. The first-order valence-corrected chi connectivity index (χ1v) is 7.40. The van der Waals surface area contributed by atoms with Gasteiger partial charge in [-0.1, -0.05) is 20.8 Å². The Balaban J connectivity index is 2.40. The van der Waals surface area contributed by atoms with Crippen LogP contribution in [0.15, 0.2) is 21.8 Å². The number of hydrogen-bond donors (Lipinski definition) is 2. The Morgan fingerprint density at radius 1 is 1.42 bits per heavy atom. The zero-order chi connectivity index (χ0) is 14.3. The highest BCUT2D eigenvalue weighted by molar-refractivity contribution is 7.07. The summed E-state index contributed by atoms with van der Waals surface area (Å²) in [5.74, 6) is 0.803. The normalized spacial score (nSPS) is 14.3. The zero-order valence-electron chi connectivity index (χ0n) is 12.5. The van der Waals surface area contributed by atoms with Crippen LogP contribution in [-0.4, -0.2) is 32.8 Å². The van der Waals surface area contributed by atoms with Crippen LogP contribution in [0.1, 0.15) is 26.3 Å². The molecule has 1 atom stereocenters. The van der Waals surface area contributed by atoms with Crippen molar-refractivity contribution in [2.24, 2.45) is 10.4 Å². The van der Waals surface area contributed by atoms with Crippen LogP contribution in [0.2, 0.25) is 0 Å². The van der Waals surface area contributed by atoms with Crippen molar-refractivity contribution in [3.05, 3.63) is 22.4 Å². The smallest absolute Gasteiger partial charge is 0.191 e. The quantitative estimate of drug-likeness (QED) is 0.644. The number of nitrogens with zero attached hydrogens (tertiary/aromatic N) is 1. The predicted octanol–water partition coefficient (Wildman–Crippen LogP) is 2.47. The summed E-state index contributed by atoms with van der Waals surface area (Å²) in [5.41, 5.74) is 1.38. The molecular formula is C14H25N3OS. The molecular weight excluding hydrogens is 258 g/mol. The molecule has 0 aliphatic carbocycles. The fourth-order valence-corrected chi connectivity index (χ4v) is 2.40. The maximum absolute atomic E-state index is 5.52. The lowest BCUT2D eigenvalue weighted by Crippen LogP contribution is -2.45. The van der Waals surface area contributed by atoms with Crippen molar-refractivity contribution in [3.63, 3.8) is 0 Å². The van der Waals surface area contributed by atoms with Gasteiger partial charge in [0.05, 0.1) is 6.10 Å². The Morgan fingerprint density at radius 2 is 2.16 bits per heavy atom. The lowest BCUT2D eigenvalue weighted by atomic mass is 9.89. The van der Waals surface area contributed by atoms with Crippen molar-refractivity contribution < 1.29 is 4.74 Å². The summed E-state index contributed by atoms with van der Waals surface area (Å²) < 4.78 is 5.52. The van der Waals surface area contributed by atoms with Crippen LogP contribution >= 0.6 is 11.3 Å². The molecule has 0 bridgehead atoms. The number of nitrogens with one attached hydrogen (secondary N) is 2. The molecule has 4 nitrogen and oxygen atoms in total. The molecule has 2 N–H and O–H groups in total. The summed E-state index contributed by atoms with van der Waals surface area (Å²) in [4.78, 5) is 4.22. The molecule has 1 rings (SSSR count). The third kappa shape index (κ3) is 5.61. The van der Waals surface area contributed by atoms with Crippen molar-refractivity contribution in [2.75, 3.05) is 20.7 Å². The molecule has 0 aliphatic heterocycles. The van der Waals surface area contributed by atoms with Crippen molar-refractivity contribution in [1.29, 1.82) is 0 Å². The number of methoxy groups -OCH3 is 1. The van der Waals surface area contributed by atoms with Gasteiger partial charge < -0.3 is 15.4 Å². The topological polar surface area (TPSA) is 45.7 Å². The average Bonchev–Trinajstić information content (AvgIpc) is 2.85. The number of ether oxygens (including phenoxy) is 1. The van der Waals surface area contributed by atoms with Gasteiger partial charge in [-0.3, -0.25) is 4.99 Å². The molecule has 0 saturated heterocycles. The van der Waals surface area contributed by atoms with Crippen molar-refractivity contribution >= 4 is 17.3 Å². The summed E-state index contributed by atoms with van der Waals surface area (Å²) >= 11 is 1.70. The first-order chi connectivity index (χ1) is 8.97. The maximum atomic E-state index is 5.52. The van der Waals surface area contributed by atoms with Gasteiger partial charge in [-0.25, -0.2) is 0 Å². The van der Waals surface area contributed by atoms with Gasteiger partial charge in [0.25, 0.3) is 0 Å². The number of aliphatic imine (C=N–C) groups is 1. The van der Waals surface area contributed by atoms with Crippen molar-refractivity contribution in [2.45, 2.75) is 33.4 Å². The second kappa shape index (κ2) is 7.50. The van der Waals surface area contributed by atoms with E-state index >= 15 is 0 Å². The lowest BCUT2D eigenvalue weighted by molar-refractivity contribution is 0.0205. The summed E-state index contributed by atoms with van der Waals surface area (Å²) in [6, 6.07) is 2.11. The van der Waals surface area contributed by atoms with E-state index in [4.69, 9.17) is 4.74 Å². The van der Waals surface area contributed by atoms with E-state index in [2.05, 4.69) is 53.2 Å². The van der Waals surface area contributed by atoms with E-state index in [0.29, 0.717) is 0 Å². The van der Waals surface area contributed by atoms with Gasteiger partial charge in [-0.15, -0.1) is 0 Å². The summed E-state index contributed by atoms with van der Waals surface area (Å²) in [6.45, 7) is 8.04. The molecule has 0 aromatic carbocycles. The van der Waals surface area contributed by atoms with Crippen LogP contribution < -0.4 is 10.6 Å². The molecule has 0 radical (unpaired) electrons. The highest BCUT2D eigenvalue weighted by Gasteiger charge is 2.24. The Hall–Kier alpha value is -1.07. The van der Waals surface area contributed by atoms with E-state index in [9.17, 15) is 0 Å². The Labute approximate surface area is 120 Å². The SMILES string of the molecule is CN=C(NCc1ccsc1)NCC(OC)C(C)(C)C. The molecule has 19 heavy (non-hydrogen) atoms. The van der Waals surface area contributed by atoms with E-state index in [0.717, 1.165) is 19.0 Å². The molecule has 1 unspecified atom stereocenters. The van der Waals surface area contributed by atoms with Gasteiger partial charge in [0, 0.05) is 27.2 Å². The zero-order valence-corrected chi connectivity index (χ0v) is 13.3. The number of rotatable bonds is 5. The van der Waals surface area contributed by atoms with Gasteiger partial charge in [0.2, 0.25) is 0 Å². The number of thiophene rings is 1. The molecule has 0 spiro atoms. The molecule has 5 heteroatoms. The Kier molecular flexibility index (Phi) is 6.31. The van der Waals surface area contributed by atoms with E-state index < -0.39 is 0 Å². The molecule has 1 aromatic rings. The second-order valence-corrected chi connectivity index (χ2v) is 6.31. The van der Waals surface area contributed by atoms with Crippen LogP contribution in [-0.2, 0) is 11.3 Å². The fourth-order valence-electron chi connectivity index (χ4n) is 1.73. The molecule has 0 aliphatic rings. The van der Waals surface area contributed by atoms with E-state index in [1.165, 1.54) is 5.56 Å². The Morgan fingerprint density at radius 3 is 2.63 bits per heavy atom. The Bertz CT molecular complexity index is 382. The summed E-state index contributed by atoms with van der Waals surface area (Å²) in [7, 11) is 3.53. The van der Waals surface area contributed by atoms with Crippen LogP contribution in [0.4, 0.5) is 0 Å². The molecule has 0 amide bonds. The second-order valence-electron chi connectivity index (χ2n) is 5.53. The molecule has 1 aromatic heterocycles. The van der Waals surface area contributed by atoms with E-state index in [-0.39, 0.29) is 11.5 Å². The van der Waals surface area contributed by atoms with Gasteiger partial charge in [0.1, 0.15) is 0 Å². The molecule has 0 fully saturated rings.